The highest BCUT2D eigenvalue weighted by Gasteiger charge is 2.22. The minimum Gasteiger partial charge on any atom is -0.399 e. The highest BCUT2D eigenvalue weighted by Crippen LogP contribution is 2.37. The van der Waals surface area contributed by atoms with Crippen LogP contribution in [0.15, 0.2) is 83.8 Å². The topological polar surface area (TPSA) is 124 Å². The van der Waals surface area contributed by atoms with E-state index < -0.39 is 10.0 Å². The minimum absolute atomic E-state index is 0.121. The number of hydrogen-bond acceptors (Lipinski definition) is 5. The molecule has 6 nitrogen and oxygen atoms in total. The van der Waals surface area contributed by atoms with Gasteiger partial charge in [0.2, 0.25) is 0 Å². The summed E-state index contributed by atoms with van der Waals surface area (Å²) >= 11 is 0. The molecular weight excluding hydrogens is 456 g/mol. The van der Waals surface area contributed by atoms with Crippen molar-refractivity contribution >= 4 is 32.8 Å². The standard InChI is InChI=1S/C28H30N4O2S/c1-17-4-9-21(29)14-25(17)28(26-15-22(30)10-5-18(26)2)20-7-12-24(13-8-20)32-35(33,34)27-16-23(31)11-6-19(27)3/h4-16,28,32H,29-31H2,1-3H3. The summed E-state index contributed by atoms with van der Waals surface area (Å²) in [5.41, 5.74) is 26.3. The monoisotopic (exact) mass is 486 g/mol. The molecule has 0 saturated carbocycles. The summed E-state index contributed by atoms with van der Waals surface area (Å²) in [6.07, 6.45) is 0. The Labute approximate surface area is 206 Å². The van der Waals surface area contributed by atoms with Crippen LogP contribution in [0.1, 0.15) is 39.3 Å². The molecule has 0 heterocycles. The van der Waals surface area contributed by atoms with Crippen molar-refractivity contribution < 1.29 is 8.42 Å². The Morgan fingerprint density at radius 2 is 1.09 bits per heavy atom. The van der Waals surface area contributed by atoms with Gasteiger partial charge in [0.05, 0.1) is 4.90 Å². The second-order valence-electron chi connectivity index (χ2n) is 8.92. The smallest absolute Gasteiger partial charge is 0.262 e. The third-order valence-corrected chi connectivity index (χ3v) is 7.75. The average molecular weight is 487 g/mol. The largest absolute Gasteiger partial charge is 0.399 e. The molecular formula is C28H30N4O2S. The predicted molar refractivity (Wildman–Crippen MR) is 145 cm³/mol. The number of hydrogen-bond donors (Lipinski definition) is 4. The molecule has 0 aromatic heterocycles. The van der Waals surface area contributed by atoms with Crippen molar-refractivity contribution in [2.75, 3.05) is 21.9 Å². The number of aryl methyl sites for hydroxylation is 3. The minimum atomic E-state index is -3.79. The zero-order chi connectivity index (χ0) is 25.3. The fourth-order valence-electron chi connectivity index (χ4n) is 4.33. The molecule has 4 aromatic carbocycles. The van der Waals surface area contributed by atoms with E-state index in [0.29, 0.717) is 28.3 Å². The zero-order valence-corrected chi connectivity index (χ0v) is 20.9. The van der Waals surface area contributed by atoms with Gasteiger partial charge in [0, 0.05) is 28.7 Å². The Balaban J connectivity index is 1.75. The van der Waals surface area contributed by atoms with Gasteiger partial charge in [0.1, 0.15) is 0 Å². The molecule has 0 amide bonds. The second-order valence-corrected chi connectivity index (χ2v) is 10.6. The molecule has 0 aliphatic carbocycles. The lowest BCUT2D eigenvalue weighted by Gasteiger charge is -2.24. The quantitative estimate of drug-likeness (QED) is 0.216. The van der Waals surface area contributed by atoms with Crippen molar-refractivity contribution in [2.45, 2.75) is 31.6 Å². The lowest BCUT2D eigenvalue weighted by molar-refractivity contribution is 0.600. The molecule has 0 bridgehead atoms. The lowest BCUT2D eigenvalue weighted by Crippen LogP contribution is -2.15. The van der Waals surface area contributed by atoms with Crippen molar-refractivity contribution in [3.05, 3.63) is 112 Å². The zero-order valence-electron chi connectivity index (χ0n) is 20.0. The van der Waals surface area contributed by atoms with Gasteiger partial charge in [0.15, 0.2) is 0 Å². The normalized spacial score (nSPS) is 11.5. The van der Waals surface area contributed by atoms with E-state index in [0.717, 1.165) is 27.8 Å². The van der Waals surface area contributed by atoms with Gasteiger partial charge in [0.25, 0.3) is 10.0 Å². The first-order chi connectivity index (χ1) is 16.5. The van der Waals surface area contributed by atoms with Crippen LogP contribution in [-0.4, -0.2) is 8.42 Å². The summed E-state index contributed by atoms with van der Waals surface area (Å²) < 4.78 is 28.7. The summed E-state index contributed by atoms with van der Waals surface area (Å²) in [4.78, 5) is 0.158. The van der Waals surface area contributed by atoms with Crippen LogP contribution in [0, 0.1) is 20.8 Å². The molecule has 0 saturated heterocycles. The molecule has 0 atom stereocenters. The highest BCUT2D eigenvalue weighted by atomic mass is 32.2. The van der Waals surface area contributed by atoms with Gasteiger partial charge < -0.3 is 17.2 Å². The number of benzene rings is 4. The molecule has 0 spiro atoms. The fraction of sp³-hybridized carbons (Fsp3) is 0.143. The molecule has 0 aliphatic heterocycles. The van der Waals surface area contributed by atoms with Gasteiger partial charge in [-0.25, -0.2) is 8.42 Å². The number of nitrogens with two attached hydrogens (primary N) is 3. The molecule has 4 aromatic rings. The average Bonchev–Trinajstić information content (AvgIpc) is 2.81. The summed E-state index contributed by atoms with van der Waals surface area (Å²) in [5.74, 6) is -0.121. The maximum absolute atomic E-state index is 13.0. The van der Waals surface area contributed by atoms with Gasteiger partial charge in [-0.15, -0.1) is 0 Å². The van der Waals surface area contributed by atoms with E-state index in [1.165, 1.54) is 6.07 Å². The van der Waals surface area contributed by atoms with Crippen molar-refractivity contribution in [1.29, 1.82) is 0 Å². The maximum Gasteiger partial charge on any atom is 0.262 e. The Morgan fingerprint density at radius 3 is 1.60 bits per heavy atom. The van der Waals surface area contributed by atoms with Gasteiger partial charge in [-0.3, -0.25) is 4.72 Å². The van der Waals surface area contributed by atoms with E-state index in [1.54, 1.807) is 31.2 Å². The van der Waals surface area contributed by atoms with Gasteiger partial charge >= 0.3 is 0 Å². The number of sulfonamides is 1. The molecule has 7 heteroatoms. The number of anilines is 4. The van der Waals surface area contributed by atoms with Crippen LogP contribution < -0.4 is 21.9 Å². The van der Waals surface area contributed by atoms with E-state index in [-0.39, 0.29) is 10.8 Å². The first kappa shape index (κ1) is 24.2. The Morgan fingerprint density at radius 1 is 0.629 bits per heavy atom. The molecule has 7 N–H and O–H groups in total. The summed E-state index contributed by atoms with van der Waals surface area (Å²) in [6.45, 7) is 5.85. The first-order valence-electron chi connectivity index (χ1n) is 11.3. The summed E-state index contributed by atoms with van der Waals surface area (Å²) in [7, 11) is -3.79. The van der Waals surface area contributed by atoms with Gasteiger partial charge in [-0.05, 0) is 103 Å². The molecule has 0 unspecified atom stereocenters. The summed E-state index contributed by atoms with van der Waals surface area (Å²) in [6, 6.07) is 24.0. The van der Waals surface area contributed by atoms with Gasteiger partial charge in [-0.1, -0.05) is 30.3 Å². The number of nitrogen functional groups attached to an aromatic ring is 3. The van der Waals surface area contributed by atoms with E-state index in [2.05, 4.69) is 18.6 Å². The van der Waals surface area contributed by atoms with E-state index >= 15 is 0 Å². The van der Waals surface area contributed by atoms with Crippen LogP contribution in [0.5, 0.6) is 0 Å². The maximum atomic E-state index is 13.0. The third-order valence-electron chi connectivity index (χ3n) is 6.23. The second kappa shape index (κ2) is 9.35. The van der Waals surface area contributed by atoms with Crippen LogP contribution in [-0.2, 0) is 10.0 Å². The lowest BCUT2D eigenvalue weighted by atomic mass is 9.81. The third kappa shape index (κ3) is 5.10. The van der Waals surface area contributed by atoms with Crippen LogP contribution in [0.2, 0.25) is 0 Å². The molecule has 35 heavy (non-hydrogen) atoms. The van der Waals surface area contributed by atoms with Crippen molar-refractivity contribution in [3.8, 4) is 0 Å². The number of nitrogens with one attached hydrogen (secondary N) is 1. The predicted octanol–water partition coefficient (Wildman–Crippen LogP) is 5.34. The molecule has 0 radical (unpaired) electrons. The van der Waals surface area contributed by atoms with Crippen molar-refractivity contribution in [1.82, 2.24) is 0 Å². The van der Waals surface area contributed by atoms with Crippen LogP contribution >= 0.6 is 0 Å². The van der Waals surface area contributed by atoms with Crippen molar-refractivity contribution in [2.24, 2.45) is 0 Å². The van der Waals surface area contributed by atoms with Crippen LogP contribution in [0.4, 0.5) is 22.7 Å². The van der Waals surface area contributed by atoms with Crippen molar-refractivity contribution in [3.63, 3.8) is 0 Å². The summed E-state index contributed by atoms with van der Waals surface area (Å²) in [5, 5.41) is 0. The van der Waals surface area contributed by atoms with Gasteiger partial charge in [-0.2, -0.15) is 0 Å². The molecule has 0 aliphatic rings. The number of rotatable bonds is 6. The van der Waals surface area contributed by atoms with E-state index in [4.69, 9.17) is 17.2 Å². The molecule has 4 rings (SSSR count). The molecule has 0 fully saturated rings. The van der Waals surface area contributed by atoms with E-state index in [9.17, 15) is 8.42 Å². The van der Waals surface area contributed by atoms with Crippen LogP contribution in [0.3, 0.4) is 0 Å². The Hall–Kier alpha value is -3.97. The molecule has 180 valence electrons. The highest BCUT2D eigenvalue weighted by molar-refractivity contribution is 7.92. The Bertz CT molecular complexity index is 1440. The fourth-order valence-corrected chi connectivity index (χ4v) is 5.67. The van der Waals surface area contributed by atoms with E-state index in [1.807, 2.05) is 48.5 Å². The van der Waals surface area contributed by atoms with Crippen LogP contribution in [0.25, 0.3) is 0 Å². The Kier molecular flexibility index (Phi) is 6.45. The SMILES string of the molecule is Cc1ccc(N)cc1C(c1ccc(NS(=O)(=O)c2cc(N)ccc2C)cc1)c1cc(N)ccc1C. The first-order valence-corrected chi connectivity index (χ1v) is 12.7.